The number of nitrogens with zero attached hydrogens (tertiary/aromatic N) is 2. The van der Waals surface area contributed by atoms with Gasteiger partial charge in [0.25, 0.3) is 0 Å². The zero-order valence-electron chi connectivity index (χ0n) is 13.0. The van der Waals surface area contributed by atoms with Gasteiger partial charge in [0.15, 0.2) is 11.9 Å². The van der Waals surface area contributed by atoms with Gasteiger partial charge in [-0.05, 0) is 24.6 Å². The number of benzene rings is 2. The van der Waals surface area contributed by atoms with E-state index in [1.54, 1.807) is 0 Å². The Morgan fingerprint density at radius 2 is 1.91 bits per heavy atom. The molecule has 0 aliphatic rings. The molecule has 0 amide bonds. The Kier molecular flexibility index (Phi) is 2.92. The standard InChI is InChI=1S/C20H15N2O/c1-13-10-11-14-19-15(21-2)7-6-9-17(19)23-20(14)18(13)16-8-4-5-12-22(16)3/h4-12H,1,3H3/q+1. The van der Waals surface area contributed by atoms with E-state index in [-0.39, 0.29) is 0 Å². The Bertz CT molecular complexity index is 1100. The molecular weight excluding hydrogens is 284 g/mol. The molecule has 0 unspecified atom stereocenters. The van der Waals surface area contributed by atoms with Crippen molar-refractivity contribution in [2.45, 2.75) is 6.92 Å². The van der Waals surface area contributed by atoms with Gasteiger partial charge in [0.05, 0.1) is 12.1 Å². The molecule has 0 saturated carbocycles. The van der Waals surface area contributed by atoms with Gasteiger partial charge >= 0.3 is 0 Å². The Morgan fingerprint density at radius 1 is 1.04 bits per heavy atom. The number of fused-ring (bicyclic) bond motifs is 3. The fourth-order valence-electron chi connectivity index (χ4n) is 3.16. The molecule has 0 fully saturated rings. The summed E-state index contributed by atoms with van der Waals surface area (Å²) in [7, 11) is 2.03. The van der Waals surface area contributed by atoms with E-state index in [0.717, 1.165) is 38.8 Å². The average Bonchev–Trinajstić information content (AvgIpc) is 2.94. The molecule has 0 spiro atoms. The number of pyridine rings is 1. The van der Waals surface area contributed by atoms with E-state index in [0.29, 0.717) is 5.69 Å². The van der Waals surface area contributed by atoms with Gasteiger partial charge in [-0.2, -0.15) is 0 Å². The van der Waals surface area contributed by atoms with Crippen LogP contribution in [0, 0.1) is 13.5 Å². The molecule has 2 heterocycles. The Balaban J connectivity index is 2.20. The van der Waals surface area contributed by atoms with Crippen LogP contribution in [-0.4, -0.2) is 0 Å². The Hall–Kier alpha value is -3.12. The average molecular weight is 299 g/mol. The van der Waals surface area contributed by atoms with Crippen molar-refractivity contribution in [2.24, 2.45) is 7.05 Å². The molecule has 0 bridgehead atoms. The zero-order chi connectivity index (χ0) is 16.0. The molecule has 0 N–H and O–H groups in total. The van der Waals surface area contributed by atoms with E-state index in [2.05, 4.69) is 34.5 Å². The molecule has 0 atom stereocenters. The van der Waals surface area contributed by atoms with Crippen molar-refractivity contribution in [3.8, 4) is 11.3 Å². The summed E-state index contributed by atoms with van der Waals surface area (Å²) >= 11 is 0. The molecule has 3 heteroatoms. The minimum absolute atomic E-state index is 0.633. The van der Waals surface area contributed by atoms with Crippen LogP contribution in [0.3, 0.4) is 0 Å². The summed E-state index contributed by atoms with van der Waals surface area (Å²) in [4.78, 5) is 3.65. The number of aromatic nitrogens is 1. The van der Waals surface area contributed by atoms with Gasteiger partial charge in [-0.1, -0.05) is 24.3 Å². The number of hydrogen-bond acceptors (Lipinski definition) is 1. The lowest BCUT2D eigenvalue weighted by atomic mass is 10.0. The van der Waals surface area contributed by atoms with Gasteiger partial charge in [-0.3, -0.25) is 0 Å². The highest BCUT2D eigenvalue weighted by molar-refractivity contribution is 6.14. The van der Waals surface area contributed by atoms with Crippen LogP contribution in [0.5, 0.6) is 0 Å². The number of rotatable bonds is 1. The van der Waals surface area contributed by atoms with Crippen LogP contribution < -0.4 is 4.57 Å². The molecule has 2 aromatic carbocycles. The van der Waals surface area contributed by atoms with Crippen molar-refractivity contribution in [3.05, 3.63) is 71.7 Å². The van der Waals surface area contributed by atoms with E-state index in [1.165, 1.54) is 0 Å². The lowest BCUT2D eigenvalue weighted by molar-refractivity contribution is -0.660. The number of aryl methyl sites for hydroxylation is 2. The fraction of sp³-hybridized carbons (Fsp3) is 0.100. The highest BCUT2D eigenvalue weighted by Gasteiger charge is 2.20. The van der Waals surface area contributed by atoms with E-state index < -0.39 is 0 Å². The van der Waals surface area contributed by atoms with Gasteiger partial charge in [0, 0.05) is 22.9 Å². The summed E-state index contributed by atoms with van der Waals surface area (Å²) in [6.07, 6.45) is 2.03. The molecular formula is C20H15N2O+. The first kappa shape index (κ1) is 13.5. The van der Waals surface area contributed by atoms with Crippen molar-refractivity contribution < 1.29 is 8.98 Å². The molecule has 4 rings (SSSR count). The SMILES string of the molecule is [C-]#[N+]c1cccc2oc3c(-c4cccc[n+]4C)c(C)ccc3c12. The maximum absolute atomic E-state index is 7.41. The molecule has 110 valence electrons. The Morgan fingerprint density at radius 3 is 2.70 bits per heavy atom. The van der Waals surface area contributed by atoms with E-state index in [9.17, 15) is 0 Å². The third kappa shape index (κ3) is 1.92. The molecule has 4 aromatic rings. The summed E-state index contributed by atoms with van der Waals surface area (Å²) in [5.74, 6) is 0. The monoisotopic (exact) mass is 299 g/mol. The lowest BCUT2D eigenvalue weighted by Gasteiger charge is -2.05. The van der Waals surface area contributed by atoms with Crippen molar-refractivity contribution in [2.75, 3.05) is 0 Å². The molecule has 3 nitrogen and oxygen atoms in total. The minimum atomic E-state index is 0.633. The number of furan rings is 1. The van der Waals surface area contributed by atoms with Crippen molar-refractivity contribution in [1.82, 2.24) is 0 Å². The quantitative estimate of drug-likeness (QED) is 0.360. The first-order valence-corrected chi connectivity index (χ1v) is 7.48. The maximum atomic E-state index is 7.41. The van der Waals surface area contributed by atoms with Gasteiger partial charge in [-0.15, -0.1) is 0 Å². The summed E-state index contributed by atoms with van der Waals surface area (Å²) in [6.45, 7) is 9.50. The molecule has 2 aromatic heterocycles. The van der Waals surface area contributed by atoms with E-state index in [1.807, 2.05) is 43.6 Å². The lowest BCUT2D eigenvalue weighted by Crippen LogP contribution is -2.30. The summed E-state index contributed by atoms with van der Waals surface area (Å²) in [6, 6.07) is 15.9. The smallest absolute Gasteiger partial charge is 0.216 e. The van der Waals surface area contributed by atoms with Crippen molar-refractivity contribution in [1.29, 1.82) is 0 Å². The van der Waals surface area contributed by atoms with Crippen molar-refractivity contribution in [3.63, 3.8) is 0 Å². The first-order valence-electron chi connectivity index (χ1n) is 7.48. The highest BCUT2D eigenvalue weighted by Crippen LogP contribution is 2.40. The molecule has 0 aliphatic carbocycles. The van der Waals surface area contributed by atoms with Crippen LogP contribution >= 0.6 is 0 Å². The van der Waals surface area contributed by atoms with Crippen molar-refractivity contribution >= 4 is 27.6 Å². The summed E-state index contributed by atoms with van der Waals surface area (Å²) < 4.78 is 8.25. The van der Waals surface area contributed by atoms with Gasteiger partial charge in [0.2, 0.25) is 5.69 Å². The minimum Gasteiger partial charge on any atom is -0.457 e. The van der Waals surface area contributed by atoms with E-state index >= 15 is 0 Å². The van der Waals surface area contributed by atoms with Gasteiger partial charge < -0.3 is 4.42 Å². The van der Waals surface area contributed by atoms with Crippen LogP contribution in [0.25, 0.3) is 38.0 Å². The second-order valence-electron chi connectivity index (χ2n) is 5.70. The first-order chi connectivity index (χ1) is 11.2. The topological polar surface area (TPSA) is 21.4 Å². The normalized spacial score (nSPS) is 11.0. The summed E-state index contributed by atoms with van der Waals surface area (Å²) in [5, 5.41) is 1.90. The van der Waals surface area contributed by atoms with Crippen LogP contribution in [0.2, 0.25) is 0 Å². The van der Waals surface area contributed by atoms with Crippen LogP contribution in [0.15, 0.2) is 59.1 Å². The maximum Gasteiger partial charge on any atom is 0.216 e. The predicted molar refractivity (Wildman–Crippen MR) is 91.3 cm³/mol. The molecule has 0 aliphatic heterocycles. The Labute approximate surface area is 134 Å². The van der Waals surface area contributed by atoms with Gasteiger partial charge in [-0.25, -0.2) is 9.41 Å². The van der Waals surface area contributed by atoms with Crippen LogP contribution in [0.4, 0.5) is 5.69 Å². The largest absolute Gasteiger partial charge is 0.457 e. The van der Waals surface area contributed by atoms with Crippen LogP contribution in [-0.2, 0) is 7.05 Å². The fourth-order valence-corrected chi connectivity index (χ4v) is 3.16. The molecule has 0 saturated heterocycles. The third-order valence-electron chi connectivity index (χ3n) is 4.28. The zero-order valence-corrected chi connectivity index (χ0v) is 13.0. The van der Waals surface area contributed by atoms with E-state index in [4.69, 9.17) is 11.0 Å². The highest BCUT2D eigenvalue weighted by atomic mass is 16.3. The second-order valence-corrected chi connectivity index (χ2v) is 5.70. The molecule has 23 heavy (non-hydrogen) atoms. The van der Waals surface area contributed by atoms with Crippen LogP contribution in [0.1, 0.15) is 5.56 Å². The second kappa shape index (κ2) is 4.96. The van der Waals surface area contributed by atoms with Gasteiger partial charge in [0.1, 0.15) is 18.2 Å². The third-order valence-corrected chi connectivity index (χ3v) is 4.28. The molecule has 0 radical (unpaired) electrons. The predicted octanol–water partition coefficient (Wildman–Crippen LogP) is 4.94. The summed E-state index contributed by atoms with van der Waals surface area (Å²) in [5.41, 5.74) is 5.57. The number of hydrogen-bond donors (Lipinski definition) is 0.